The van der Waals surface area contributed by atoms with Gasteiger partial charge in [0.2, 0.25) is 0 Å². The Morgan fingerprint density at radius 2 is 1.96 bits per heavy atom. The topological polar surface area (TPSA) is 36.4 Å². The standard InChI is InChI=1S/C20H25N3O/c1-3-16-10-11-21-19(14-16)20(24)23-13-12-22(15-17(23)4-2)18-8-6-5-7-9-18/h5-11,14,17H,3-4,12-13,15H2,1-2H3. The van der Waals surface area contributed by atoms with Crippen LogP contribution in [0.15, 0.2) is 48.7 Å². The molecule has 1 aliphatic rings. The number of carbonyl (C=O) groups excluding carboxylic acids is 1. The van der Waals surface area contributed by atoms with Crippen LogP contribution in [0.2, 0.25) is 0 Å². The van der Waals surface area contributed by atoms with Crippen molar-refractivity contribution >= 4 is 11.6 Å². The highest BCUT2D eigenvalue weighted by Gasteiger charge is 2.30. The molecule has 1 amide bonds. The number of rotatable bonds is 4. The molecular formula is C20H25N3O. The molecule has 1 saturated heterocycles. The first kappa shape index (κ1) is 16.5. The lowest BCUT2D eigenvalue weighted by Crippen LogP contribution is -2.55. The first-order valence-electron chi connectivity index (χ1n) is 8.78. The number of hydrogen-bond donors (Lipinski definition) is 0. The molecule has 4 nitrogen and oxygen atoms in total. The molecule has 1 unspecified atom stereocenters. The summed E-state index contributed by atoms with van der Waals surface area (Å²) in [7, 11) is 0. The average molecular weight is 323 g/mol. The van der Waals surface area contributed by atoms with E-state index in [1.807, 2.05) is 23.1 Å². The summed E-state index contributed by atoms with van der Waals surface area (Å²) in [6, 6.07) is 14.6. The fraction of sp³-hybridized carbons (Fsp3) is 0.400. The van der Waals surface area contributed by atoms with E-state index in [1.165, 1.54) is 5.69 Å². The molecule has 2 aromatic rings. The summed E-state index contributed by atoms with van der Waals surface area (Å²) >= 11 is 0. The number of aryl methyl sites for hydroxylation is 1. The predicted molar refractivity (Wildman–Crippen MR) is 97.4 cm³/mol. The molecule has 3 rings (SSSR count). The largest absolute Gasteiger partial charge is 0.368 e. The zero-order valence-electron chi connectivity index (χ0n) is 14.5. The van der Waals surface area contributed by atoms with Gasteiger partial charge in [0.15, 0.2) is 0 Å². The van der Waals surface area contributed by atoms with Crippen LogP contribution in [0.1, 0.15) is 36.3 Å². The van der Waals surface area contributed by atoms with Crippen LogP contribution in [0, 0.1) is 0 Å². The number of hydrogen-bond acceptors (Lipinski definition) is 3. The van der Waals surface area contributed by atoms with E-state index in [4.69, 9.17) is 0 Å². The quantitative estimate of drug-likeness (QED) is 0.865. The van der Waals surface area contributed by atoms with Crippen LogP contribution in [0.4, 0.5) is 5.69 Å². The molecule has 0 saturated carbocycles. The third-order valence-electron chi connectivity index (χ3n) is 4.79. The van der Waals surface area contributed by atoms with E-state index in [2.05, 4.69) is 48.0 Å². The average Bonchev–Trinajstić information content (AvgIpc) is 2.67. The number of pyridine rings is 1. The van der Waals surface area contributed by atoms with Gasteiger partial charge < -0.3 is 9.80 Å². The number of benzene rings is 1. The molecule has 0 radical (unpaired) electrons. The summed E-state index contributed by atoms with van der Waals surface area (Å²) in [6.07, 6.45) is 3.61. The maximum atomic E-state index is 12.9. The van der Waals surface area contributed by atoms with Crippen molar-refractivity contribution in [2.24, 2.45) is 0 Å². The SMILES string of the molecule is CCc1ccnc(C(=O)N2CCN(c3ccccc3)CC2CC)c1. The fourth-order valence-electron chi connectivity index (χ4n) is 3.30. The monoisotopic (exact) mass is 323 g/mol. The molecule has 126 valence electrons. The highest BCUT2D eigenvalue weighted by atomic mass is 16.2. The zero-order valence-corrected chi connectivity index (χ0v) is 14.5. The molecule has 0 bridgehead atoms. The minimum atomic E-state index is 0.0601. The molecule has 0 aliphatic carbocycles. The Hall–Kier alpha value is -2.36. The Morgan fingerprint density at radius 3 is 2.67 bits per heavy atom. The van der Waals surface area contributed by atoms with Gasteiger partial charge in [-0.25, -0.2) is 0 Å². The van der Waals surface area contributed by atoms with Crippen LogP contribution in [-0.2, 0) is 6.42 Å². The van der Waals surface area contributed by atoms with E-state index < -0.39 is 0 Å². The van der Waals surface area contributed by atoms with Gasteiger partial charge in [0, 0.05) is 37.6 Å². The van der Waals surface area contributed by atoms with Crippen LogP contribution in [0.5, 0.6) is 0 Å². The Kier molecular flexibility index (Phi) is 5.14. The summed E-state index contributed by atoms with van der Waals surface area (Å²) in [4.78, 5) is 21.6. The summed E-state index contributed by atoms with van der Waals surface area (Å²) in [6.45, 7) is 6.72. The minimum absolute atomic E-state index is 0.0601. The first-order chi connectivity index (χ1) is 11.7. The van der Waals surface area contributed by atoms with Gasteiger partial charge >= 0.3 is 0 Å². The predicted octanol–water partition coefficient (Wildman–Crippen LogP) is 3.39. The molecule has 0 spiro atoms. The first-order valence-corrected chi connectivity index (χ1v) is 8.78. The van der Waals surface area contributed by atoms with Crippen molar-refractivity contribution in [1.29, 1.82) is 0 Å². The van der Waals surface area contributed by atoms with E-state index in [-0.39, 0.29) is 11.9 Å². The van der Waals surface area contributed by atoms with Crippen LogP contribution in [-0.4, -0.2) is 41.5 Å². The van der Waals surface area contributed by atoms with Crippen LogP contribution < -0.4 is 4.90 Å². The summed E-state index contributed by atoms with van der Waals surface area (Å²) in [5.41, 5.74) is 2.96. The van der Waals surface area contributed by atoms with Crippen LogP contribution in [0.3, 0.4) is 0 Å². The van der Waals surface area contributed by atoms with E-state index in [1.54, 1.807) is 6.20 Å². The molecular weight excluding hydrogens is 298 g/mol. The normalized spacial score (nSPS) is 17.8. The Morgan fingerprint density at radius 1 is 1.17 bits per heavy atom. The number of amides is 1. The van der Waals surface area contributed by atoms with Crippen molar-refractivity contribution in [3.05, 3.63) is 59.9 Å². The Labute approximate surface area is 144 Å². The highest BCUT2D eigenvalue weighted by molar-refractivity contribution is 5.92. The van der Waals surface area contributed by atoms with Crippen molar-refractivity contribution in [2.45, 2.75) is 32.7 Å². The maximum absolute atomic E-state index is 12.9. The number of aromatic nitrogens is 1. The van der Waals surface area contributed by atoms with Crippen LogP contribution in [0.25, 0.3) is 0 Å². The second kappa shape index (κ2) is 7.47. The number of nitrogens with zero attached hydrogens (tertiary/aromatic N) is 3. The molecule has 24 heavy (non-hydrogen) atoms. The number of carbonyl (C=O) groups is 1. The summed E-state index contributed by atoms with van der Waals surface area (Å²) in [5.74, 6) is 0.0601. The molecule has 0 N–H and O–H groups in total. The molecule has 1 aromatic carbocycles. The highest BCUT2D eigenvalue weighted by Crippen LogP contribution is 2.21. The van der Waals surface area contributed by atoms with Crippen molar-refractivity contribution in [2.75, 3.05) is 24.5 Å². The van der Waals surface area contributed by atoms with Gasteiger partial charge in [-0.05, 0) is 42.7 Å². The van der Waals surface area contributed by atoms with Crippen molar-refractivity contribution in [3.8, 4) is 0 Å². The number of piperazine rings is 1. The molecule has 1 aromatic heterocycles. The van der Waals surface area contributed by atoms with Crippen LogP contribution >= 0.6 is 0 Å². The van der Waals surface area contributed by atoms with E-state index in [0.717, 1.165) is 38.0 Å². The van der Waals surface area contributed by atoms with Gasteiger partial charge in [0.1, 0.15) is 5.69 Å². The number of anilines is 1. The molecule has 1 atom stereocenters. The van der Waals surface area contributed by atoms with E-state index in [0.29, 0.717) is 5.69 Å². The van der Waals surface area contributed by atoms with Crippen molar-refractivity contribution in [1.82, 2.24) is 9.88 Å². The molecule has 2 heterocycles. The molecule has 4 heteroatoms. The summed E-state index contributed by atoms with van der Waals surface area (Å²) < 4.78 is 0. The third kappa shape index (κ3) is 3.42. The second-order valence-corrected chi connectivity index (χ2v) is 6.25. The lowest BCUT2D eigenvalue weighted by molar-refractivity contribution is 0.0645. The Bertz CT molecular complexity index is 686. The van der Waals surface area contributed by atoms with Gasteiger partial charge in [0.25, 0.3) is 5.91 Å². The van der Waals surface area contributed by atoms with Crippen molar-refractivity contribution in [3.63, 3.8) is 0 Å². The zero-order chi connectivity index (χ0) is 16.9. The van der Waals surface area contributed by atoms with Gasteiger partial charge in [-0.2, -0.15) is 0 Å². The lowest BCUT2D eigenvalue weighted by atomic mass is 10.1. The minimum Gasteiger partial charge on any atom is -0.368 e. The summed E-state index contributed by atoms with van der Waals surface area (Å²) in [5, 5.41) is 0. The molecule has 1 fully saturated rings. The lowest BCUT2D eigenvalue weighted by Gasteiger charge is -2.42. The van der Waals surface area contributed by atoms with E-state index in [9.17, 15) is 4.79 Å². The maximum Gasteiger partial charge on any atom is 0.272 e. The van der Waals surface area contributed by atoms with E-state index >= 15 is 0 Å². The number of para-hydroxylation sites is 1. The van der Waals surface area contributed by atoms with Gasteiger partial charge in [-0.1, -0.05) is 32.0 Å². The third-order valence-corrected chi connectivity index (χ3v) is 4.79. The van der Waals surface area contributed by atoms with Gasteiger partial charge in [-0.15, -0.1) is 0 Å². The second-order valence-electron chi connectivity index (χ2n) is 6.25. The molecule has 1 aliphatic heterocycles. The van der Waals surface area contributed by atoms with Gasteiger partial charge in [-0.3, -0.25) is 9.78 Å². The van der Waals surface area contributed by atoms with Crippen molar-refractivity contribution < 1.29 is 4.79 Å². The smallest absolute Gasteiger partial charge is 0.272 e. The Balaban J connectivity index is 1.76. The van der Waals surface area contributed by atoms with Gasteiger partial charge in [0.05, 0.1) is 0 Å². The fourth-order valence-corrected chi connectivity index (χ4v) is 3.30.